The highest BCUT2D eigenvalue weighted by molar-refractivity contribution is 5.56. The number of alkyl halides is 6. The smallest absolute Gasteiger partial charge is 0.369 e. The molecule has 11 heteroatoms. The molecule has 3 atom stereocenters. The quantitative estimate of drug-likeness (QED) is 0.232. The zero-order valence-corrected chi connectivity index (χ0v) is 21.4. The van der Waals surface area contributed by atoms with Crippen molar-refractivity contribution in [3.05, 3.63) is 106 Å². The van der Waals surface area contributed by atoms with Gasteiger partial charge in [-0.3, -0.25) is 0 Å². The second kappa shape index (κ2) is 10.3. The maximum absolute atomic E-state index is 13.7. The summed E-state index contributed by atoms with van der Waals surface area (Å²) >= 11 is 0. The van der Waals surface area contributed by atoms with Crippen LogP contribution in [0.4, 0.5) is 30.7 Å². The summed E-state index contributed by atoms with van der Waals surface area (Å²) in [6, 6.07) is 14.9. The molecule has 0 radical (unpaired) electrons. The molecule has 4 aromatic rings. The summed E-state index contributed by atoms with van der Waals surface area (Å²) in [6.07, 6.45) is -11.6. The van der Waals surface area contributed by atoms with Crippen LogP contribution in [0.1, 0.15) is 52.6 Å². The monoisotopic (exact) mass is 563 g/mol. The third kappa shape index (κ3) is 5.74. The van der Waals surface area contributed by atoms with Crippen LogP contribution in [-0.4, -0.2) is 20.9 Å². The lowest BCUT2D eigenvalue weighted by atomic mass is 9.88. The van der Waals surface area contributed by atoms with Gasteiger partial charge in [-0.2, -0.15) is 26.3 Å². The Hall–Kier alpha value is -3.73. The zero-order chi connectivity index (χ0) is 28.8. The van der Waals surface area contributed by atoms with E-state index in [1.165, 1.54) is 19.1 Å². The number of ether oxygens (including phenoxy) is 1. The molecule has 2 heterocycles. The van der Waals surface area contributed by atoms with Crippen molar-refractivity contribution in [2.24, 2.45) is 0 Å². The predicted molar refractivity (Wildman–Crippen MR) is 133 cm³/mol. The van der Waals surface area contributed by atoms with Crippen LogP contribution >= 0.6 is 0 Å². The highest BCUT2D eigenvalue weighted by atomic mass is 19.4. The van der Waals surface area contributed by atoms with Crippen LogP contribution < -0.4 is 0 Å². The highest BCUT2D eigenvalue weighted by Gasteiger charge is 2.39. The molecule has 0 fully saturated rings. The van der Waals surface area contributed by atoms with Gasteiger partial charge in [-0.05, 0) is 55.3 Å². The van der Waals surface area contributed by atoms with Gasteiger partial charge in [0, 0.05) is 24.4 Å². The van der Waals surface area contributed by atoms with Gasteiger partial charge in [-0.25, -0.2) is 4.39 Å². The fourth-order valence-corrected chi connectivity index (χ4v) is 4.96. The van der Waals surface area contributed by atoms with Crippen molar-refractivity contribution in [3.8, 4) is 11.4 Å². The first-order valence-electron chi connectivity index (χ1n) is 12.5. The number of benzene rings is 3. The van der Waals surface area contributed by atoms with Crippen LogP contribution in [0.25, 0.3) is 11.4 Å². The molecule has 0 N–H and O–H groups in total. The van der Waals surface area contributed by atoms with E-state index in [9.17, 15) is 30.7 Å². The molecule has 1 aliphatic heterocycles. The predicted octanol–water partition coefficient (Wildman–Crippen LogP) is 7.92. The van der Waals surface area contributed by atoms with Gasteiger partial charge in [-0.15, -0.1) is 10.2 Å². The topological polar surface area (TPSA) is 39.9 Å². The van der Waals surface area contributed by atoms with Gasteiger partial charge < -0.3 is 9.30 Å². The number of hydrogen-bond donors (Lipinski definition) is 0. The Bertz CT molecular complexity index is 1460. The summed E-state index contributed by atoms with van der Waals surface area (Å²) in [5.74, 6) is 0.315. The highest BCUT2D eigenvalue weighted by Crippen LogP contribution is 2.40. The number of hydrogen-bond acceptors (Lipinski definition) is 3. The molecular formula is C29H24F7N3O. The standard InChI is InChI=1S/C29H24F7N3O/c1-16-3-5-19(6-4-16)27-38-37-26-14-25(24(15-39(26)27)18-7-9-23(30)10-8-18)40-17(2)20-11-21(28(31,32)33)13-22(12-20)29(34,35)36/h3-13,17,24-25H,14-15H2,1-2H3/t17-,24-,25+/m1/s1. The van der Waals surface area contributed by atoms with E-state index in [1.54, 1.807) is 12.1 Å². The Balaban J connectivity index is 1.51. The fraction of sp³-hybridized carbons (Fsp3) is 0.310. The molecule has 0 amide bonds. The van der Waals surface area contributed by atoms with Crippen molar-refractivity contribution < 1.29 is 35.5 Å². The van der Waals surface area contributed by atoms with Gasteiger partial charge in [-0.1, -0.05) is 42.0 Å². The Labute approximate surface area is 225 Å². The minimum absolute atomic E-state index is 0.0905. The Morgan fingerprint density at radius 1 is 0.850 bits per heavy atom. The van der Waals surface area contributed by atoms with Crippen LogP contribution in [0.5, 0.6) is 0 Å². The third-order valence-corrected chi connectivity index (χ3v) is 7.11. The molecule has 5 rings (SSSR count). The maximum Gasteiger partial charge on any atom is 0.416 e. The van der Waals surface area contributed by atoms with Crippen LogP contribution in [0, 0.1) is 12.7 Å². The van der Waals surface area contributed by atoms with Gasteiger partial charge in [0.15, 0.2) is 5.82 Å². The van der Waals surface area contributed by atoms with E-state index < -0.39 is 47.4 Å². The molecule has 0 aliphatic carbocycles. The Kier molecular flexibility index (Phi) is 7.20. The van der Waals surface area contributed by atoms with Crippen LogP contribution in [0.3, 0.4) is 0 Å². The van der Waals surface area contributed by atoms with Crippen molar-refractivity contribution in [2.45, 2.75) is 57.3 Å². The van der Waals surface area contributed by atoms with E-state index in [2.05, 4.69) is 10.2 Å². The Morgan fingerprint density at radius 3 is 2.02 bits per heavy atom. The first kappa shape index (κ1) is 27.8. The molecule has 0 spiro atoms. The first-order chi connectivity index (χ1) is 18.8. The van der Waals surface area contributed by atoms with Crippen molar-refractivity contribution >= 4 is 0 Å². The minimum Gasteiger partial charge on any atom is -0.369 e. The SMILES string of the molecule is Cc1ccc(-c2nnc3n2C[C@H](c2ccc(F)cc2)[C@@H](O[C@H](C)c2cc(C(F)(F)F)cc(C(F)(F)F)c2)C3)cc1. The lowest BCUT2D eigenvalue weighted by molar-refractivity contribution is -0.143. The van der Waals surface area contributed by atoms with Crippen LogP contribution in [-0.2, 0) is 30.1 Å². The zero-order valence-electron chi connectivity index (χ0n) is 21.4. The van der Waals surface area contributed by atoms with E-state index in [0.29, 0.717) is 35.9 Å². The summed E-state index contributed by atoms with van der Waals surface area (Å²) in [4.78, 5) is 0. The van der Waals surface area contributed by atoms with E-state index in [0.717, 1.165) is 11.1 Å². The molecule has 40 heavy (non-hydrogen) atoms. The van der Waals surface area contributed by atoms with E-state index >= 15 is 0 Å². The van der Waals surface area contributed by atoms with Gasteiger partial charge in [0.25, 0.3) is 0 Å². The average molecular weight is 564 g/mol. The molecule has 3 aromatic carbocycles. The number of aromatic nitrogens is 3. The van der Waals surface area contributed by atoms with E-state index in [-0.39, 0.29) is 18.1 Å². The van der Waals surface area contributed by atoms with Crippen molar-refractivity contribution in [1.82, 2.24) is 14.8 Å². The van der Waals surface area contributed by atoms with Gasteiger partial charge in [0.05, 0.1) is 23.3 Å². The average Bonchev–Trinajstić information content (AvgIpc) is 3.30. The van der Waals surface area contributed by atoms with Crippen molar-refractivity contribution in [2.75, 3.05) is 0 Å². The second-order valence-corrected chi connectivity index (χ2v) is 9.93. The molecule has 1 aromatic heterocycles. The summed E-state index contributed by atoms with van der Waals surface area (Å²) in [5, 5.41) is 8.63. The van der Waals surface area contributed by atoms with Gasteiger partial charge in [0.1, 0.15) is 11.6 Å². The van der Waals surface area contributed by atoms with E-state index in [4.69, 9.17) is 4.74 Å². The molecule has 4 nitrogen and oxygen atoms in total. The summed E-state index contributed by atoms with van der Waals surface area (Å²) in [5.41, 5.74) is -0.473. The number of halogens is 7. The van der Waals surface area contributed by atoms with E-state index in [1.807, 2.05) is 35.8 Å². The summed E-state index contributed by atoms with van der Waals surface area (Å²) in [6.45, 7) is 3.68. The molecule has 1 aliphatic rings. The molecule has 210 valence electrons. The molecule has 0 bridgehead atoms. The summed E-state index contributed by atoms with van der Waals surface area (Å²) in [7, 11) is 0. The number of aryl methyl sites for hydroxylation is 1. The lowest BCUT2D eigenvalue weighted by Gasteiger charge is -2.35. The normalized spacial score (nSPS) is 18.4. The van der Waals surface area contributed by atoms with Crippen LogP contribution in [0.15, 0.2) is 66.7 Å². The number of nitrogens with zero attached hydrogens (tertiary/aromatic N) is 3. The third-order valence-electron chi connectivity index (χ3n) is 7.11. The van der Waals surface area contributed by atoms with Gasteiger partial charge in [0.2, 0.25) is 0 Å². The molecule has 0 saturated heterocycles. The minimum atomic E-state index is -4.97. The van der Waals surface area contributed by atoms with Gasteiger partial charge >= 0.3 is 12.4 Å². The van der Waals surface area contributed by atoms with Crippen molar-refractivity contribution in [3.63, 3.8) is 0 Å². The maximum atomic E-state index is 13.7. The van der Waals surface area contributed by atoms with Crippen molar-refractivity contribution in [1.29, 1.82) is 0 Å². The lowest BCUT2D eigenvalue weighted by Crippen LogP contribution is -2.35. The first-order valence-corrected chi connectivity index (χ1v) is 12.5. The molecule has 0 unspecified atom stereocenters. The second-order valence-electron chi connectivity index (χ2n) is 9.93. The molecular weight excluding hydrogens is 539 g/mol. The number of rotatable bonds is 5. The van der Waals surface area contributed by atoms with Crippen LogP contribution in [0.2, 0.25) is 0 Å². The number of fused-ring (bicyclic) bond motifs is 1. The largest absolute Gasteiger partial charge is 0.416 e. The fourth-order valence-electron chi connectivity index (χ4n) is 4.96. The Morgan fingerprint density at radius 2 is 1.45 bits per heavy atom. The molecule has 0 saturated carbocycles. The summed E-state index contributed by atoms with van der Waals surface area (Å²) < 4.78 is 103.